The highest BCUT2D eigenvalue weighted by atomic mass is 35.5. The Hall–Kier alpha value is -1.39. The van der Waals surface area contributed by atoms with E-state index in [0.29, 0.717) is 22.3 Å². The van der Waals surface area contributed by atoms with Crippen LogP contribution in [0.5, 0.6) is 10.9 Å². The Balaban J connectivity index is 2.29. The third-order valence-electron chi connectivity index (χ3n) is 2.96. The van der Waals surface area contributed by atoms with Gasteiger partial charge in [0, 0.05) is 0 Å². The van der Waals surface area contributed by atoms with Gasteiger partial charge < -0.3 is 4.74 Å². The number of aldehydes is 1. The fourth-order valence-corrected chi connectivity index (χ4v) is 2.63. The van der Waals surface area contributed by atoms with Crippen LogP contribution in [0.25, 0.3) is 0 Å². The maximum atomic E-state index is 10.7. The van der Waals surface area contributed by atoms with Gasteiger partial charge >= 0.3 is 0 Å². The van der Waals surface area contributed by atoms with Crippen molar-refractivity contribution in [2.75, 3.05) is 0 Å². The highest BCUT2D eigenvalue weighted by Crippen LogP contribution is 2.35. The molecule has 0 saturated heterocycles. The van der Waals surface area contributed by atoms with Crippen molar-refractivity contribution in [3.63, 3.8) is 0 Å². The molecule has 1 unspecified atom stereocenters. The van der Waals surface area contributed by atoms with Gasteiger partial charge in [-0.2, -0.15) is 4.98 Å². The lowest BCUT2D eigenvalue weighted by Gasteiger charge is -2.13. The molecule has 0 bridgehead atoms. The average molecular weight is 296 g/mol. The second-order valence-electron chi connectivity index (χ2n) is 4.20. The van der Waals surface area contributed by atoms with E-state index in [0.717, 1.165) is 29.1 Å². The second-order valence-corrected chi connectivity index (χ2v) is 5.55. The Labute approximate surface area is 121 Å². The fourth-order valence-electron chi connectivity index (χ4n) is 1.71. The first-order chi connectivity index (χ1) is 9.15. The van der Waals surface area contributed by atoms with Crippen molar-refractivity contribution in [1.82, 2.24) is 4.98 Å². The van der Waals surface area contributed by atoms with Crippen molar-refractivity contribution in [2.24, 2.45) is 0 Å². The summed E-state index contributed by atoms with van der Waals surface area (Å²) in [6, 6.07) is 7.84. The quantitative estimate of drug-likeness (QED) is 0.735. The lowest BCUT2D eigenvalue weighted by molar-refractivity contribution is 0.112. The van der Waals surface area contributed by atoms with Crippen LogP contribution in [0.1, 0.15) is 41.4 Å². The number of para-hydroxylation sites is 1. The highest BCUT2D eigenvalue weighted by Gasteiger charge is 2.14. The van der Waals surface area contributed by atoms with Crippen molar-refractivity contribution >= 4 is 29.2 Å². The van der Waals surface area contributed by atoms with E-state index in [-0.39, 0.29) is 5.15 Å². The highest BCUT2D eigenvalue weighted by molar-refractivity contribution is 7.15. The molecule has 1 atom stereocenters. The largest absolute Gasteiger partial charge is 0.431 e. The zero-order valence-electron chi connectivity index (χ0n) is 10.7. The number of ether oxygens (including phenoxy) is 1. The molecule has 100 valence electrons. The van der Waals surface area contributed by atoms with Crippen LogP contribution in [0.3, 0.4) is 0 Å². The second kappa shape index (κ2) is 6.17. The summed E-state index contributed by atoms with van der Waals surface area (Å²) in [4.78, 5) is 15.2. The van der Waals surface area contributed by atoms with Crippen molar-refractivity contribution in [3.8, 4) is 10.9 Å². The molecule has 5 heteroatoms. The summed E-state index contributed by atoms with van der Waals surface area (Å²) in [5.74, 6) is 1.16. The van der Waals surface area contributed by atoms with Gasteiger partial charge in [0.1, 0.15) is 10.6 Å². The molecule has 2 rings (SSSR count). The zero-order chi connectivity index (χ0) is 13.8. The van der Waals surface area contributed by atoms with Crippen LogP contribution in [-0.4, -0.2) is 11.3 Å². The Morgan fingerprint density at radius 1 is 1.47 bits per heavy atom. The summed E-state index contributed by atoms with van der Waals surface area (Å²) >= 11 is 6.98. The summed E-state index contributed by atoms with van der Waals surface area (Å²) in [6.07, 6.45) is 1.71. The van der Waals surface area contributed by atoms with Crippen molar-refractivity contribution < 1.29 is 9.53 Å². The Morgan fingerprint density at radius 2 is 2.21 bits per heavy atom. The van der Waals surface area contributed by atoms with Gasteiger partial charge in [0.2, 0.25) is 0 Å². The summed E-state index contributed by atoms with van der Waals surface area (Å²) in [5, 5.41) is 0.582. The number of hydrogen-bond acceptors (Lipinski definition) is 4. The fraction of sp³-hybridized carbons (Fsp3) is 0.286. The van der Waals surface area contributed by atoms with E-state index in [1.54, 1.807) is 0 Å². The predicted molar refractivity (Wildman–Crippen MR) is 77.7 cm³/mol. The van der Waals surface area contributed by atoms with E-state index in [9.17, 15) is 4.79 Å². The van der Waals surface area contributed by atoms with Crippen LogP contribution >= 0.6 is 22.9 Å². The average Bonchev–Trinajstić information content (AvgIpc) is 2.78. The Kier molecular flexibility index (Phi) is 4.56. The number of aromatic nitrogens is 1. The molecule has 0 aliphatic carbocycles. The molecule has 0 amide bonds. The van der Waals surface area contributed by atoms with Crippen LogP contribution in [0.2, 0.25) is 5.15 Å². The van der Waals surface area contributed by atoms with Crippen molar-refractivity contribution in [3.05, 3.63) is 39.9 Å². The zero-order valence-corrected chi connectivity index (χ0v) is 12.3. The monoisotopic (exact) mass is 295 g/mol. The third-order valence-corrected chi connectivity index (χ3v) is 4.22. The van der Waals surface area contributed by atoms with Crippen LogP contribution in [0, 0.1) is 0 Å². The SMILES string of the molecule is CCC(C)c1ccccc1Oc1nc(Cl)c(C=O)s1. The third kappa shape index (κ3) is 3.14. The van der Waals surface area contributed by atoms with Gasteiger partial charge in [0.05, 0.1) is 0 Å². The molecule has 1 aromatic carbocycles. The maximum Gasteiger partial charge on any atom is 0.280 e. The molecular weight excluding hydrogens is 282 g/mol. The van der Waals surface area contributed by atoms with Gasteiger partial charge in [-0.3, -0.25) is 4.79 Å². The van der Waals surface area contributed by atoms with Crippen molar-refractivity contribution in [2.45, 2.75) is 26.2 Å². The van der Waals surface area contributed by atoms with E-state index in [1.807, 2.05) is 24.3 Å². The number of carbonyl (C=O) groups excluding carboxylic acids is 1. The molecule has 0 aliphatic rings. The molecular formula is C14H14ClNO2S. The molecule has 19 heavy (non-hydrogen) atoms. The Bertz CT molecular complexity index is 583. The number of carbonyl (C=O) groups is 1. The summed E-state index contributed by atoms with van der Waals surface area (Å²) in [7, 11) is 0. The molecule has 2 aromatic rings. The van der Waals surface area contributed by atoms with Gasteiger partial charge in [-0.25, -0.2) is 0 Å². The van der Waals surface area contributed by atoms with Crippen LogP contribution < -0.4 is 4.74 Å². The first-order valence-electron chi connectivity index (χ1n) is 6.04. The number of rotatable bonds is 5. The van der Waals surface area contributed by atoms with Crippen LogP contribution in [0.15, 0.2) is 24.3 Å². The molecule has 1 heterocycles. The maximum absolute atomic E-state index is 10.7. The summed E-state index contributed by atoms with van der Waals surface area (Å²) in [5.41, 5.74) is 1.13. The molecule has 0 N–H and O–H groups in total. The topological polar surface area (TPSA) is 39.2 Å². The molecule has 3 nitrogen and oxygen atoms in total. The summed E-state index contributed by atoms with van der Waals surface area (Å²) < 4.78 is 5.76. The molecule has 0 aliphatic heterocycles. The van der Waals surface area contributed by atoms with Crippen LogP contribution in [-0.2, 0) is 0 Å². The normalized spacial score (nSPS) is 12.2. The van der Waals surface area contributed by atoms with Gasteiger partial charge in [-0.1, -0.05) is 55.0 Å². The molecule has 1 aromatic heterocycles. The van der Waals surface area contributed by atoms with E-state index in [1.165, 1.54) is 0 Å². The number of halogens is 1. The van der Waals surface area contributed by atoms with Crippen molar-refractivity contribution in [1.29, 1.82) is 0 Å². The smallest absolute Gasteiger partial charge is 0.280 e. The number of hydrogen-bond donors (Lipinski definition) is 0. The number of nitrogens with zero attached hydrogens (tertiary/aromatic N) is 1. The van der Waals surface area contributed by atoms with Gasteiger partial charge in [0.25, 0.3) is 5.19 Å². The van der Waals surface area contributed by atoms with E-state index >= 15 is 0 Å². The molecule has 0 radical (unpaired) electrons. The lowest BCUT2D eigenvalue weighted by atomic mass is 9.98. The van der Waals surface area contributed by atoms with Gasteiger partial charge in [0.15, 0.2) is 11.4 Å². The first-order valence-corrected chi connectivity index (χ1v) is 7.23. The molecule has 0 saturated carbocycles. The van der Waals surface area contributed by atoms with E-state index < -0.39 is 0 Å². The summed E-state index contributed by atoms with van der Waals surface area (Å²) in [6.45, 7) is 4.28. The van der Waals surface area contributed by atoms with E-state index in [4.69, 9.17) is 16.3 Å². The standard InChI is InChI=1S/C14H14ClNO2S/c1-3-9(2)10-6-4-5-7-11(10)18-14-16-13(15)12(8-17)19-14/h4-9H,3H2,1-2H3. The minimum absolute atomic E-state index is 0.191. The van der Waals surface area contributed by atoms with Gasteiger partial charge in [-0.15, -0.1) is 0 Å². The first kappa shape index (κ1) is 14.0. The number of benzene rings is 1. The van der Waals surface area contributed by atoms with E-state index in [2.05, 4.69) is 18.8 Å². The minimum Gasteiger partial charge on any atom is -0.431 e. The van der Waals surface area contributed by atoms with Gasteiger partial charge in [-0.05, 0) is 24.0 Å². The predicted octanol–water partition coefficient (Wildman–Crippen LogP) is 4.91. The Morgan fingerprint density at radius 3 is 2.84 bits per heavy atom. The van der Waals surface area contributed by atoms with Crippen LogP contribution in [0.4, 0.5) is 0 Å². The molecule has 0 spiro atoms. The lowest BCUT2D eigenvalue weighted by Crippen LogP contribution is -1.95. The minimum atomic E-state index is 0.191. The number of thiazole rings is 1. The molecule has 0 fully saturated rings.